The third-order valence-corrected chi connectivity index (χ3v) is 5.84. The van der Waals surface area contributed by atoms with Crippen molar-refractivity contribution in [3.05, 3.63) is 23.8 Å². The highest BCUT2D eigenvalue weighted by Crippen LogP contribution is 2.48. The third kappa shape index (κ3) is 1.55. The fourth-order valence-corrected chi connectivity index (χ4v) is 4.34. The lowest BCUT2D eigenvalue weighted by Gasteiger charge is -2.37. The molecule has 0 aromatic heterocycles. The first-order chi connectivity index (χ1) is 8.87. The number of nitrogens with zero attached hydrogens (tertiary/aromatic N) is 1. The molecule has 0 unspecified atom stereocenters. The van der Waals surface area contributed by atoms with Crippen molar-refractivity contribution in [3.63, 3.8) is 0 Å². The monoisotopic (exact) mass is 262 g/mol. The normalized spacial score (nSPS) is 24.6. The highest BCUT2D eigenvalue weighted by Gasteiger charge is 2.44. The van der Waals surface area contributed by atoms with Crippen LogP contribution in [0.5, 0.6) is 0 Å². The highest BCUT2D eigenvalue weighted by atomic mass is 32.2. The SMILES string of the molecule is c1cc2c(cc1N1CCOCC1)NCC21CSC1. The topological polar surface area (TPSA) is 24.5 Å². The minimum absolute atomic E-state index is 0.448. The lowest BCUT2D eigenvalue weighted by atomic mass is 9.85. The van der Waals surface area contributed by atoms with Crippen molar-refractivity contribution < 1.29 is 4.74 Å². The van der Waals surface area contributed by atoms with Crippen molar-refractivity contribution >= 4 is 23.1 Å². The predicted octanol–water partition coefficient (Wildman–Crippen LogP) is 1.93. The number of hydrogen-bond acceptors (Lipinski definition) is 4. The van der Waals surface area contributed by atoms with Gasteiger partial charge in [-0.25, -0.2) is 0 Å². The van der Waals surface area contributed by atoms with E-state index < -0.39 is 0 Å². The minimum Gasteiger partial charge on any atom is -0.384 e. The van der Waals surface area contributed by atoms with E-state index in [9.17, 15) is 0 Å². The maximum absolute atomic E-state index is 5.41. The van der Waals surface area contributed by atoms with Gasteiger partial charge in [-0.3, -0.25) is 0 Å². The standard InChI is InChI=1S/C14H18N2OS/c1-2-12-13(15-8-14(12)9-18-10-14)7-11(1)16-3-5-17-6-4-16/h1-2,7,15H,3-6,8-10H2. The van der Waals surface area contributed by atoms with E-state index in [0.29, 0.717) is 5.41 Å². The summed E-state index contributed by atoms with van der Waals surface area (Å²) in [5.41, 5.74) is 4.69. The van der Waals surface area contributed by atoms with Crippen molar-refractivity contribution in [3.8, 4) is 0 Å². The molecule has 1 N–H and O–H groups in total. The van der Waals surface area contributed by atoms with Crippen LogP contribution in [0.4, 0.5) is 11.4 Å². The maximum atomic E-state index is 5.41. The number of fused-ring (bicyclic) bond motifs is 2. The molecular formula is C14H18N2OS. The molecule has 1 aromatic rings. The molecule has 0 radical (unpaired) electrons. The van der Waals surface area contributed by atoms with E-state index in [1.807, 2.05) is 0 Å². The smallest absolute Gasteiger partial charge is 0.0642 e. The third-order valence-electron chi connectivity index (χ3n) is 4.32. The molecule has 3 aliphatic rings. The average Bonchev–Trinajstić information content (AvgIpc) is 2.78. The Balaban J connectivity index is 1.64. The van der Waals surface area contributed by atoms with Gasteiger partial charge in [0.15, 0.2) is 0 Å². The number of ether oxygens (including phenoxy) is 1. The summed E-state index contributed by atoms with van der Waals surface area (Å²) in [6.07, 6.45) is 0. The lowest BCUT2D eigenvalue weighted by molar-refractivity contribution is 0.122. The van der Waals surface area contributed by atoms with Gasteiger partial charge in [0.25, 0.3) is 0 Å². The first-order valence-corrected chi connectivity index (χ1v) is 7.82. The van der Waals surface area contributed by atoms with Gasteiger partial charge >= 0.3 is 0 Å². The molecule has 96 valence electrons. The molecule has 0 aliphatic carbocycles. The molecule has 4 rings (SSSR count). The first kappa shape index (κ1) is 11.0. The fourth-order valence-electron chi connectivity index (χ4n) is 3.12. The second-order valence-corrected chi connectivity index (χ2v) is 6.44. The molecule has 3 nitrogen and oxygen atoms in total. The Labute approximate surface area is 112 Å². The van der Waals surface area contributed by atoms with Gasteiger partial charge in [-0.1, -0.05) is 6.07 Å². The summed E-state index contributed by atoms with van der Waals surface area (Å²) < 4.78 is 5.41. The van der Waals surface area contributed by atoms with Gasteiger partial charge in [-0.2, -0.15) is 11.8 Å². The zero-order valence-electron chi connectivity index (χ0n) is 10.4. The van der Waals surface area contributed by atoms with Crippen LogP contribution in [-0.2, 0) is 10.2 Å². The van der Waals surface area contributed by atoms with E-state index in [-0.39, 0.29) is 0 Å². The largest absolute Gasteiger partial charge is 0.384 e. The van der Waals surface area contributed by atoms with Crippen molar-refractivity contribution in [2.45, 2.75) is 5.41 Å². The van der Waals surface area contributed by atoms with Gasteiger partial charge in [0.05, 0.1) is 13.2 Å². The number of anilines is 2. The molecule has 2 fully saturated rings. The molecule has 18 heavy (non-hydrogen) atoms. The summed E-state index contributed by atoms with van der Waals surface area (Å²) in [4.78, 5) is 2.42. The van der Waals surface area contributed by atoms with E-state index in [2.05, 4.69) is 40.2 Å². The van der Waals surface area contributed by atoms with Crippen LogP contribution in [0.3, 0.4) is 0 Å². The number of nitrogens with one attached hydrogen (secondary N) is 1. The van der Waals surface area contributed by atoms with E-state index in [0.717, 1.165) is 32.8 Å². The molecule has 4 heteroatoms. The van der Waals surface area contributed by atoms with Crippen molar-refractivity contribution in [2.75, 3.05) is 54.6 Å². The second kappa shape index (κ2) is 4.07. The van der Waals surface area contributed by atoms with Crippen molar-refractivity contribution in [1.29, 1.82) is 0 Å². The highest BCUT2D eigenvalue weighted by molar-refractivity contribution is 8.00. The molecule has 1 aromatic carbocycles. The van der Waals surface area contributed by atoms with Gasteiger partial charge in [0.2, 0.25) is 0 Å². The van der Waals surface area contributed by atoms with Crippen LogP contribution < -0.4 is 10.2 Å². The molecule has 3 aliphatic heterocycles. The number of benzene rings is 1. The van der Waals surface area contributed by atoms with Gasteiger partial charge in [0.1, 0.15) is 0 Å². The summed E-state index contributed by atoms with van der Waals surface area (Å²) in [5.74, 6) is 2.56. The molecule has 0 bridgehead atoms. The quantitative estimate of drug-likeness (QED) is 0.836. The Bertz CT molecular complexity index is 467. The van der Waals surface area contributed by atoms with Crippen LogP contribution in [0.25, 0.3) is 0 Å². The molecular weight excluding hydrogens is 244 g/mol. The number of morpholine rings is 1. The van der Waals surface area contributed by atoms with E-state index in [1.165, 1.54) is 22.9 Å². The van der Waals surface area contributed by atoms with Gasteiger partial charge in [-0.15, -0.1) is 0 Å². The minimum atomic E-state index is 0.448. The van der Waals surface area contributed by atoms with Crippen LogP contribution in [0.1, 0.15) is 5.56 Å². The van der Waals surface area contributed by atoms with Crippen molar-refractivity contribution in [2.24, 2.45) is 0 Å². The van der Waals surface area contributed by atoms with Gasteiger partial charge < -0.3 is 15.0 Å². The molecule has 2 saturated heterocycles. The molecule has 0 amide bonds. The summed E-state index contributed by atoms with van der Waals surface area (Å²) in [6, 6.07) is 6.97. The summed E-state index contributed by atoms with van der Waals surface area (Å²) in [7, 11) is 0. The number of thioether (sulfide) groups is 1. The molecule has 3 heterocycles. The van der Waals surface area contributed by atoms with Crippen LogP contribution in [-0.4, -0.2) is 44.4 Å². The molecule has 0 atom stereocenters. The number of hydrogen-bond donors (Lipinski definition) is 1. The van der Waals surface area contributed by atoms with E-state index >= 15 is 0 Å². The maximum Gasteiger partial charge on any atom is 0.0642 e. The lowest BCUT2D eigenvalue weighted by Crippen LogP contribution is -2.42. The van der Waals surface area contributed by atoms with Crippen LogP contribution in [0, 0.1) is 0 Å². The molecule has 0 saturated carbocycles. The summed E-state index contributed by atoms with van der Waals surface area (Å²) >= 11 is 2.06. The Morgan fingerprint density at radius 1 is 1.22 bits per heavy atom. The zero-order chi connectivity index (χ0) is 12.0. The van der Waals surface area contributed by atoms with E-state index in [4.69, 9.17) is 4.74 Å². The van der Waals surface area contributed by atoms with Gasteiger partial charge in [0, 0.05) is 47.9 Å². The first-order valence-electron chi connectivity index (χ1n) is 6.66. The summed E-state index contributed by atoms with van der Waals surface area (Å²) in [5, 5.41) is 3.60. The Morgan fingerprint density at radius 3 is 2.78 bits per heavy atom. The Morgan fingerprint density at radius 2 is 2.06 bits per heavy atom. The average molecular weight is 262 g/mol. The molecule has 1 spiro atoms. The summed E-state index contributed by atoms with van der Waals surface area (Å²) in [6.45, 7) is 4.86. The van der Waals surface area contributed by atoms with Crippen LogP contribution in [0.2, 0.25) is 0 Å². The van der Waals surface area contributed by atoms with Crippen LogP contribution in [0.15, 0.2) is 18.2 Å². The Hall–Kier alpha value is -0.870. The zero-order valence-corrected chi connectivity index (χ0v) is 11.3. The van der Waals surface area contributed by atoms with E-state index in [1.54, 1.807) is 5.56 Å². The van der Waals surface area contributed by atoms with Gasteiger partial charge in [-0.05, 0) is 17.7 Å². The number of rotatable bonds is 1. The predicted molar refractivity (Wildman–Crippen MR) is 77.0 cm³/mol. The Kier molecular flexibility index (Phi) is 2.49. The van der Waals surface area contributed by atoms with Crippen LogP contribution >= 0.6 is 11.8 Å². The second-order valence-electron chi connectivity index (χ2n) is 5.46. The fraction of sp³-hybridized carbons (Fsp3) is 0.571. The van der Waals surface area contributed by atoms with Crippen molar-refractivity contribution in [1.82, 2.24) is 0 Å².